The zero-order valence-electron chi connectivity index (χ0n) is 12.9. The van der Waals surface area contributed by atoms with Crippen molar-refractivity contribution in [3.63, 3.8) is 0 Å². The van der Waals surface area contributed by atoms with Crippen LogP contribution < -0.4 is 5.32 Å². The molecule has 0 aromatic carbocycles. The van der Waals surface area contributed by atoms with Gasteiger partial charge in [0.2, 0.25) is 5.91 Å². The molecule has 3 atom stereocenters. The number of likely N-dealkylation sites (tertiary alicyclic amines) is 1. The van der Waals surface area contributed by atoms with Crippen molar-refractivity contribution < 1.29 is 9.53 Å². The smallest absolute Gasteiger partial charge is 0.224 e. The first-order chi connectivity index (χ1) is 10.8. The average Bonchev–Trinajstić information content (AvgIpc) is 3.00. The molecular weight excluding hydrogens is 296 g/mol. The number of ether oxygens (including phenoxy) is 1. The molecule has 0 bridgehead atoms. The maximum atomic E-state index is 12.5. The Morgan fingerprint density at radius 1 is 1.41 bits per heavy atom. The van der Waals surface area contributed by atoms with Crippen LogP contribution in [0, 0.1) is 11.8 Å². The van der Waals surface area contributed by atoms with Crippen LogP contribution in [0.25, 0.3) is 0 Å². The molecule has 3 heterocycles. The fourth-order valence-electron chi connectivity index (χ4n) is 3.75. The number of nitrogens with one attached hydrogen (secondary N) is 1. The first kappa shape index (κ1) is 14.7. The number of amides is 1. The molecule has 0 radical (unpaired) electrons. The summed E-state index contributed by atoms with van der Waals surface area (Å²) in [6.07, 6.45) is 4.79. The zero-order valence-corrected chi connectivity index (χ0v) is 13.7. The monoisotopic (exact) mass is 320 g/mol. The third kappa shape index (κ3) is 3.21. The van der Waals surface area contributed by atoms with Gasteiger partial charge in [0, 0.05) is 32.3 Å². The quantitative estimate of drug-likeness (QED) is 0.905. The van der Waals surface area contributed by atoms with Gasteiger partial charge < -0.3 is 10.1 Å². The highest BCUT2D eigenvalue weighted by molar-refractivity contribution is 7.07. The maximum absolute atomic E-state index is 12.5. The molecule has 1 aromatic heterocycles. The van der Waals surface area contributed by atoms with Crippen molar-refractivity contribution in [3.8, 4) is 0 Å². The second-order valence-corrected chi connectivity index (χ2v) is 7.73. The van der Waals surface area contributed by atoms with Gasteiger partial charge in [-0.25, -0.2) is 0 Å². The van der Waals surface area contributed by atoms with Crippen LogP contribution in [-0.4, -0.2) is 42.6 Å². The number of carbonyl (C=O) groups excluding carboxylic acids is 1. The zero-order chi connectivity index (χ0) is 14.9. The molecule has 2 saturated heterocycles. The molecule has 3 aliphatic rings. The topological polar surface area (TPSA) is 41.6 Å². The van der Waals surface area contributed by atoms with E-state index in [1.165, 1.54) is 18.4 Å². The van der Waals surface area contributed by atoms with Gasteiger partial charge in [-0.15, -0.1) is 0 Å². The number of rotatable bonds is 5. The lowest BCUT2D eigenvalue weighted by molar-refractivity contribution is -0.129. The second kappa shape index (κ2) is 6.30. The van der Waals surface area contributed by atoms with Gasteiger partial charge in [-0.05, 0) is 54.0 Å². The molecule has 4 nitrogen and oxygen atoms in total. The standard InChI is InChI=1S/C17H24N2O2S/c20-17(18-8-12-1-2-12)14-7-16-15(3-5-21-16)19(10-14)9-13-4-6-22-11-13/h4,6,11-12,14-16H,1-3,5,7-10H2,(H,18,20)/t14-,15+,16+/m0/s1. The minimum atomic E-state index is 0.0803. The van der Waals surface area contributed by atoms with Crippen molar-refractivity contribution >= 4 is 17.2 Å². The molecule has 1 N–H and O–H groups in total. The van der Waals surface area contributed by atoms with Gasteiger partial charge >= 0.3 is 0 Å². The minimum absolute atomic E-state index is 0.0803. The normalized spacial score (nSPS) is 31.9. The summed E-state index contributed by atoms with van der Waals surface area (Å²) < 4.78 is 5.91. The molecule has 5 heteroatoms. The SMILES string of the molecule is O=C(NCC1CC1)[C@H]1C[C@H]2OCC[C@H]2N(Cc2ccsc2)C1. The summed E-state index contributed by atoms with van der Waals surface area (Å²) in [5, 5.41) is 7.49. The summed E-state index contributed by atoms with van der Waals surface area (Å²) in [5.41, 5.74) is 1.36. The molecule has 120 valence electrons. The van der Waals surface area contributed by atoms with Crippen LogP contribution in [0.15, 0.2) is 16.8 Å². The number of hydrogen-bond donors (Lipinski definition) is 1. The molecule has 1 aliphatic carbocycles. The number of hydrogen-bond acceptors (Lipinski definition) is 4. The molecular formula is C17H24N2O2S. The van der Waals surface area contributed by atoms with E-state index < -0.39 is 0 Å². The Morgan fingerprint density at radius 3 is 3.09 bits per heavy atom. The Labute approximate surface area is 135 Å². The Hall–Kier alpha value is -0.910. The summed E-state index contributed by atoms with van der Waals surface area (Å²) in [4.78, 5) is 15.0. The molecule has 2 aliphatic heterocycles. The lowest BCUT2D eigenvalue weighted by Crippen LogP contribution is -2.52. The highest BCUT2D eigenvalue weighted by Crippen LogP contribution is 2.33. The van der Waals surface area contributed by atoms with E-state index in [0.717, 1.165) is 45.0 Å². The van der Waals surface area contributed by atoms with Gasteiger partial charge in [0.05, 0.1) is 12.0 Å². The van der Waals surface area contributed by atoms with Crippen molar-refractivity contribution in [2.45, 2.75) is 44.4 Å². The third-order valence-electron chi connectivity index (χ3n) is 5.21. The molecule has 22 heavy (non-hydrogen) atoms. The summed E-state index contributed by atoms with van der Waals surface area (Å²) in [5.74, 6) is 1.05. The van der Waals surface area contributed by atoms with Crippen LogP contribution in [0.5, 0.6) is 0 Å². The van der Waals surface area contributed by atoms with E-state index in [4.69, 9.17) is 4.74 Å². The van der Waals surface area contributed by atoms with E-state index in [9.17, 15) is 4.79 Å². The molecule has 1 saturated carbocycles. The summed E-state index contributed by atoms with van der Waals surface area (Å²) in [6.45, 7) is 3.53. The summed E-state index contributed by atoms with van der Waals surface area (Å²) >= 11 is 1.74. The van der Waals surface area contributed by atoms with E-state index in [1.54, 1.807) is 11.3 Å². The van der Waals surface area contributed by atoms with Crippen LogP contribution in [0.1, 0.15) is 31.2 Å². The van der Waals surface area contributed by atoms with Crippen molar-refractivity contribution in [1.82, 2.24) is 10.2 Å². The van der Waals surface area contributed by atoms with Gasteiger partial charge in [-0.1, -0.05) is 0 Å². The van der Waals surface area contributed by atoms with Crippen molar-refractivity contribution in [2.75, 3.05) is 19.7 Å². The fraction of sp³-hybridized carbons (Fsp3) is 0.706. The predicted octanol–water partition coefficient (Wildman–Crippen LogP) is 2.25. The molecule has 1 aromatic rings. The van der Waals surface area contributed by atoms with E-state index >= 15 is 0 Å². The number of nitrogens with zero attached hydrogens (tertiary/aromatic N) is 1. The maximum Gasteiger partial charge on any atom is 0.224 e. The lowest BCUT2D eigenvalue weighted by Gasteiger charge is -2.40. The van der Waals surface area contributed by atoms with Gasteiger partial charge in [0.15, 0.2) is 0 Å². The number of piperidine rings is 1. The largest absolute Gasteiger partial charge is 0.377 e. The Morgan fingerprint density at radius 2 is 2.32 bits per heavy atom. The van der Waals surface area contributed by atoms with E-state index in [2.05, 4.69) is 27.0 Å². The molecule has 4 rings (SSSR count). The van der Waals surface area contributed by atoms with Gasteiger partial charge in [-0.2, -0.15) is 11.3 Å². The lowest BCUT2D eigenvalue weighted by atomic mass is 9.89. The van der Waals surface area contributed by atoms with Gasteiger partial charge in [0.25, 0.3) is 0 Å². The molecule has 3 fully saturated rings. The molecule has 1 amide bonds. The van der Waals surface area contributed by atoms with E-state index in [1.807, 2.05) is 0 Å². The molecule has 0 unspecified atom stereocenters. The number of fused-ring (bicyclic) bond motifs is 1. The van der Waals surface area contributed by atoms with Gasteiger partial charge in [0.1, 0.15) is 0 Å². The van der Waals surface area contributed by atoms with Crippen molar-refractivity contribution in [2.24, 2.45) is 11.8 Å². The second-order valence-electron chi connectivity index (χ2n) is 6.95. The summed E-state index contributed by atoms with van der Waals surface area (Å²) in [6, 6.07) is 2.68. The van der Waals surface area contributed by atoms with Crippen LogP contribution in [0.2, 0.25) is 0 Å². The van der Waals surface area contributed by atoms with Crippen molar-refractivity contribution in [3.05, 3.63) is 22.4 Å². The van der Waals surface area contributed by atoms with Crippen molar-refractivity contribution in [1.29, 1.82) is 0 Å². The van der Waals surface area contributed by atoms with E-state index in [-0.39, 0.29) is 17.9 Å². The molecule has 0 spiro atoms. The van der Waals surface area contributed by atoms with E-state index in [0.29, 0.717) is 6.04 Å². The minimum Gasteiger partial charge on any atom is -0.377 e. The highest BCUT2D eigenvalue weighted by Gasteiger charge is 2.42. The Balaban J connectivity index is 1.41. The number of thiophene rings is 1. The fourth-order valence-corrected chi connectivity index (χ4v) is 4.41. The first-order valence-electron chi connectivity index (χ1n) is 8.44. The van der Waals surface area contributed by atoms with Crippen LogP contribution in [-0.2, 0) is 16.1 Å². The van der Waals surface area contributed by atoms with Crippen LogP contribution >= 0.6 is 11.3 Å². The average molecular weight is 320 g/mol. The highest BCUT2D eigenvalue weighted by atomic mass is 32.1. The van der Waals surface area contributed by atoms with Gasteiger partial charge in [-0.3, -0.25) is 9.69 Å². The first-order valence-corrected chi connectivity index (χ1v) is 9.38. The Kier molecular flexibility index (Phi) is 4.20. The van der Waals surface area contributed by atoms with Crippen LogP contribution in [0.4, 0.5) is 0 Å². The predicted molar refractivity (Wildman–Crippen MR) is 86.7 cm³/mol. The van der Waals surface area contributed by atoms with Crippen LogP contribution in [0.3, 0.4) is 0 Å². The Bertz CT molecular complexity index is 515. The third-order valence-corrected chi connectivity index (χ3v) is 5.95. The number of carbonyl (C=O) groups is 1. The summed E-state index contributed by atoms with van der Waals surface area (Å²) in [7, 11) is 0.